The molecule has 2 unspecified atom stereocenters. The van der Waals surface area contributed by atoms with Gasteiger partial charge < -0.3 is 10.2 Å². The topological polar surface area (TPSA) is 74.6 Å². The predicted molar refractivity (Wildman–Crippen MR) is 118 cm³/mol. The van der Waals surface area contributed by atoms with Gasteiger partial charge in [-0.05, 0) is 58.7 Å². The van der Waals surface area contributed by atoms with Crippen LogP contribution in [-0.4, -0.2) is 22.2 Å². The smallest absolute Gasteiger partial charge is 0.335 e. The fourth-order valence-corrected chi connectivity index (χ4v) is 5.43. The summed E-state index contributed by atoms with van der Waals surface area (Å²) in [6.45, 7) is 10.6. The van der Waals surface area contributed by atoms with Crippen molar-refractivity contribution in [2.24, 2.45) is 5.92 Å². The fourth-order valence-electron chi connectivity index (χ4n) is 5.43. The second kappa shape index (κ2) is 8.25. The van der Waals surface area contributed by atoms with Gasteiger partial charge in [0.2, 0.25) is 0 Å². The molecule has 0 aliphatic heterocycles. The molecule has 2 N–H and O–H groups in total. The normalized spacial score (nSPS) is 21.9. The van der Waals surface area contributed by atoms with Crippen molar-refractivity contribution in [2.45, 2.75) is 63.7 Å². The van der Waals surface area contributed by atoms with Gasteiger partial charge in [0, 0.05) is 5.41 Å². The van der Waals surface area contributed by atoms with E-state index < -0.39 is 11.9 Å². The Morgan fingerprint density at radius 3 is 2.03 bits per heavy atom. The first-order valence-corrected chi connectivity index (χ1v) is 10.7. The molecule has 0 bridgehead atoms. The molecule has 4 nitrogen and oxygen atoms in total. The van der Waals surface area contributed by atoms with Crippen LogP contribution >= 0.6 is 0 Å². The quantitative estimate of drug-likeness (QED) is 0.520. The lowest BCUT2D eigenvalue weighted by molar-refractivity contribution is 0.0686. The average molecular weight is 408 g/mol. The van der Waals surface area contributed by atoms with Crippen LogP contribution in [0.3, 0.4) is 0 Å². The van der Waals surface area contributed by atoms with Crippen LogP contribution in [0.15, 0.2) is 42.5 Å². The van der Waals surface area contributed by atoms with Gasteiger partial charge in [-0.15, -0.1) is 0 Å². The van der Waals surface area contributed by atoms with Gasteiger partial charge in [0.05, 0.1) is 11.1 Å². The number of fused-ring (bicyclic) bond motifs is 1. The van der Waals surface area contributed by atoms with E-state index in [-0.39, 0.29) is 22.3 Å². The molecule has 0 amide bonds. The zero-order valence-corrected chi connectivity index (χ0v) is 18.1. The highest BCUT2D eigenvalue weighted by molar-refractivity contribution is 5.88. The maximum atomic E-state index is 11.6. The molecule has 1 aliphatic carbocycles. The monoisotopic (exact) mass is 407 g/mol. The summed E-state index contributed by atoms with van der Waals surface area (Å²) in [6, 6.07) is 12.6. The number of carbonyl (C=O) groups is 2. The number of carboxylic acid groups (broad SMARTS) is 2. The zero-order valence-electron chi connectivity index (χ0n) is 18.1. The Balaban J connectivity index is 2.13. The van der Waals surface area contributed by atoms with Crippen molar-refractivity contribution in [3.8, 4) is 0 Å². The number of carboxylic acids is 2. The third-order valence-corrected chi connectivity index (χ3v) is 7.06. The molecular weight excluding hydrogens is 376 g/mol. The highest BCUT2D eigenvalue weighted by atomic mass is 16.4. The van der Waals surface area contributed by atoms with E-state index in [1.807, 2.05) is 24.3 Å². The molecule has 0 aromatic heterocycles. The van der Waals surface area contributed by atoms with Crippen molar-refractivity contribution in [2.75, 3.05) is 0 Å². The minimum Gasteiger partial charge on any atom is -0.478 e. The molecule has 0 heterocycles. The van der Waals surface area contributed by atoms with Crippen LogP contribution in [0, 0.1) is 12.8 Å². The summed E-state index contributed by atoms with van der Waals surface area (Å²) in [5.41, 5.74) is 3.35. The molecule has 2 aromatic rings. The van der Waals surface area contributed by atoms with Gasteiger partial charge in [-0.2, -0.15) is 0 Å². The third kappa shape index (κ3) is 3.64. The molecule has 2 aromatic carbocycles. The summed E-state index contributed by atoms with van der Waals surface area (Å²) >= 11 is 0. The number of benzene rings is 2. The maximum Gasteiger partial charge on any atom is 0.335 e. The summed E-state index contributed by atoms with van der Waals surface area (Å²) in [5.74, 6) is -1.58. The predicted octanol–water partition coefficient (Wildman–Crippen LogP) is 6.08. The van der Waals surface area contributed by atoms with E-state index in [4.69, 9.17) is 0 Å². The molecule has 1 radical (unpaired) electrons. The van der Waals surface area contributed by atoms with Crippen LogP contribution in [0.2, 0.25) is 0 Å². The van der Waals surface area contributed by atoms with Gasteiger partial charge in [-0.3, -0.25) is 0 Å². The molecule has 4 heteroatoms. The van der Waals surface area contributed by atoms with Crippen LogP contribution < -0.4 is 0 Å². The van der Waals surface area contributed by atoms with Crippen LogP contribution in [0.5, 0.6) is 0 Å². The van der Waals surface area contributed by atoms with E-state index in [0.29, 0.717) is 5.56 Å². The van der Waals surface area contributed by atoms with Crippen molar-refractivity contribution in [1.29, 1.82) is 0 Å². The van der Waals surface area contributed by atoms with Gasteiger partial charge in [0.25, 0.3) is 0 Å². The van der Waals surface area contributed by atoms with Gasteiger partial charge in [0.15, 0.2) is 0 Å². The Bertz CT molecular complexity index is 942. The van der Waals surface area contributed by atoms with Crippen LogP contribution in [0.1, 0.15) is 90.3 Å². The lowest BCUT2D eigenvalue weighted by atomic mass is 9.64. The summed E-state index contributed by atoms with van der Waals surface area (Å²) in [6.07, 6.45) is 5.27. The minimum absolute atomic E-state index is 0.203. The molecule has 0 saturated heterocycles. The lowest BCUT2D eigenvalue weighted by Crippen LogP contribution is -2.36. The van der Waals surface area contributed by atoms with Crippen molar-refractivity contribution >= 4 is 11.9 Å². The Morgan fingerprint density at radius 2 is 1.47 bits per heavy atom. The second-order valence-corrected chi connectivity index (χ2v) is 9.13. The summed E-state index contributed by atoms with van der Waals surface area (Å²) in [7, 11) is 0. The highest BCUT2D eigenvalue weighted by Gasteiger charge is 2.53. The van der Waals surface area contributed by atoms with Crippen LogP contribution in [0.25, 0.3) is 0 Å². The van der Waals surface area contributed by atoms with E-state index in [1.54, 1.807) is 18.2 Å². The van der Waals surface area contributed by atoms with Gasteiger partial charge in [0.1, 0.15) is 0 Å². The van der Waals surface area contributed by atoms with Gasteiger partial charge in [-0.1, -0.05) is 71.6 Å². The van der Waals surface area contributed by atoms with Crippen LogP contribution in [0.4, 0.5) is 0 Å². The molecular formula is C26H31O4. The average Bonchev–Trinajstić information content (AvgIpc) is 2.89. The fraction of sp³-hybridized carbons (Fsp3) is 0.423. The molecule has 3 rings (SSSR count). The first-order valence-electron chi connectivity index (χ1n) is 10.7. The molecule has 1 aliphatic rings. The first kappa shape index (κ1) is 22.1. The van der Waals surface area contributed by atoms with Crippen molar-refractivity contribution < 1.29 is 19.8 Å². The standard InChI is InChI=1S/C26H31O4/c1-5-6-7-8-9-22-25(2,3)21-16-18(24(29)30)12-15-20(21)26(22,4)19-13-10-17(11-14-19)23(27)28/h10-16,22H,1,5-9H2,2-4H3,(H,27,28)(H,29,30). The van der Waals surface area contributed by atoms with Gasteiger partial charge >= 0.3 is 11.9 Å². The molecule has 0 saturated carbocycles. The van der Waals surface area contributed by atoms with E-state index in [1.165, 1.54) is 0 Å². The van der Waals surface area contributed by atoms with Crippen molar-refractivity contribution in [3.63, 3.8) is 0 Å². The van der Waals surface area contributed by atoms with E-state index in [2.05, 4.69) is 27.7 Å². The zero-order chi connectivity index (χ0) is 22.1. The minimum atomic E-state index is -0.935. The number of hydrogen-bond acceptors (Lipinski definition) is 2. The largest absolute Gasteiger partial charge is 0.478 e. The van der Waals surface area contributed by atoms with Crippen molar-refractivity contribution in [3.05, 3.63) is 77.2 Å². The van der Waals surface area contributed by atoms with E-state index in [9.17, 15) is 19.8 Å². The Kier molecular flexibility index (Phi) is 6.07. The van der Waals surface area contributed by atoms with Gasteiger partial charge in [-0.25, -0.2) is 9.59 Å². The Labute approximate surface area is 179 Å². The molecule has 2 atom stereocenters. The SMILES string of the molecule is [CH2]CCCCCC1C(C)(C)c2cc(C(=O)O)ccc2C1(C)c1ccc(C(=O)O)cc1. The first-order chi connectivity index (χ1) is 14.1. The van der Waals surface area contributed by atoms with E-state index >= 15 is 0 Å². The number of aromatic carboxylic acids is 2. The van der Waals surface area contributed by atoms with Crippen LogP contribution in [-0.2, 0) is 10.8 Å². The third-order valence-electron chi connectivity index (χ3n) is 7.06. The number of unbranched alkanes of at least 4 members (excludes halogenated alkanes) is 3. The molecule has 159 valence electrons. The summed E-state index contributed by atoms with van der Waals surface area (Å²) in [5, 5.41) is 18.8. The Morgan fingerprint density at radius 1 is 0.867 bits per heavy atom. The molecule has 0 spiro atoms. The highest BCUT2D eigenvalue weighted by Crippen LogP contribution is 2.58. The summed E-state index contributed by atoms with van der Waals surface area (Å²) in [4.78, 5) is 22.9. The molecule has 0 fully saturated rings. The van der Waals surface area contributed by atoms with Crippen molar-refractivity contribution in [1.82, 2.24) is 0 Å². The maximum absolute atomic E-state index is 11.6. The lowest BCUT2D eigenvalue weighted by Gasteiger charge is -2.39. The second-order valence-electron chi connectivity index (χ2n) is 9.13. The number of hydrogen-bond donors (Lipinski definition) is 2. The number of rotatable bonds is 8. The van der Waals surface area contributed by atoms with E-state index in [0.717, 1.165) is 48.8 Å². The Hall–Kier alpha value is -2.62. The summed E-state index contributed by atoms with van der Waals surface area (Å²) < 4.78 is 0. The molecule has 30 heavy (non-hydrogen) atoms.